The number of terminal acetylenes is 1. The van der Waals surface area contributed by atoms with Gasteiger partial charge in [0.15, 0.2) is 0 Å². The molecule has 0 radical (unpaired) electrons. The maximum absolute atomic E-state index is 9.53. The molecule has 0 saturated carbocycles. The van der Waals surface area contributed by atoms with Crippen LogP contribution in [0.5, 0.6) is 0 Å². The van der Waals surface area contributed by atoms with Gasteiger partial charge in [0.2, 0.25) is 0 Å². The number of carboxylic acid groups (broad SMARTS) is 2. The van der Waals surface area contributed by atoms with Crippen LogP contribution in [0.2, 0.25) is 0 Å². The molecule has 2 rings (SSSR count). The highest BCUT2D eigenvalue weighted by atomic mass is 32.2. The van der Waals surface area contributed by atoms with E-state index in [9.17, 15) is 14.7 Å². The fourth-order valence-corrected chi connectivity index (χ4v) is 3.54. The van der Waals surface area contributed by atoms with E-state index < -0.39 is 11.9 Å². The third kappa shape index (κ3) is 6.90. The second kappa shape index (κ2) is 10.5. The molecule has 0 aromatic heterocycles. The smallest absolute Gasteiger partial charge is 0.328 e. The molecule has 1 aliphatic heterocycles. The summed E-state index contributed by atoms with van der Waals surface area (Å²) >= 11 is 1.98. The largest absolute Gasteiger partial charge is 0.545 e. The third-order valence-corrected chi connectivity index (χ3v) is 4.70. The van der Waals surface area contributed by atoms with Crippen LogP contribution in [0, 0.1) is 12.3 Å². The van der Waals surface area contributed by atoms with Gasteiger partial charge in [0, 0.05) is 23.0 Å². The summed E-state index contributed by atoms with van der Waals surface area (Å²) in [5.74, 6) is 1.20. The van der Waals surface area contributed by atoms with Crippen LogP contribution < -0.4 is 10.0 Å². The van der Waals surface area contributed by atoms with Gasteiger partial charge in [-0.25, -0.2) is 4.79 Å². The number of hydrogen-bond donors (Lipinski definition) is 2. The van der Waals surface area contributed by atoms with E-state index >= 15 is 0 Å². The van der Waals surface area contributed by atoms with Gasteiger partial charge in [-0.15, -0.1) is 18.2 Å². The van der Waals surface area contributed by atoms with Gasteiger partial charge in [-0.05, 0) is 30.2 Å². The first-order valence-electron chi connectivity index (χ1n) is 7.55. The Kier molecular flexibility index (Phi) is 8.69. The predicted octanol–water partition coefficient (Wildman–Crippen LogP) is 0.139. The Morgan fingerprint density at radius 1 is 1.46 bits per heavy atom. The second-order valence-corrected chi connectivity index (χ2v) is 6.44. The number of carboxylic acids is 2. The molecule has 0 fully saturated rings. The monoisotopic (exact) mass is 347 g/mol. The normalized spacial score (nSPS) is 17.6. The van der Waals surface area contributed by atoms with Crippen LogP contribution in [0.1, 0.15) is 24.4 Å². The van der Waals surface area contributed by atoms with Gasteiger partial charge in [0.1, 0.15) is 12.6 Å². The summed E-state index contributed by atoms with van der Waals surface area (Å²) in [5, 5.41) is 17.2. The topological polar surface area (TPSA) is 81.9 Å². The van der Waals surface area contributed by atoms with Gasteiger partial charge >= 0.3 is 5.97 Å². The van der Waals surface area contributed by atoms with E-state index in [-0.39, 0.29) is 0 Å². The number of rotatable bonds is 4. The Bertz CT molecular complexity index is 620. The van der Waals surface area contributed by atoms with E-state index in [0.717, 1.165) is 6.54 Å². The van der Waals surface area contributed by atoms with Crippen molar-refractivity contribution in [1.29, 1.82) is 0 Å². The molecule has 2 unspecified atom stereocenters. The molecule has 0 saturated heterocycles. The van der Waals surface area contributed by atoms with E-state index in [1.807, 2.05) is 11.8 Å². The zero-order chi connectivity index (χ0) is 17.9. The average molecular weight is 347 g/mol. The quantitative estimate of drug-likeness (QED) is 0.598. The molecule has 0 aliphatic carbocycles. The van der Waals surface area contributed by atoms with Gasteiger partial charge in [-0.2, -0.15) is 0 Å². The van der Waals surface area contributed by atoms with E-state index in [2.05, 4.69) is 37.2 Å². The van der Waals surface area contributed by atoms with Gasteiger partial charge in [-0.1, -0.05) is 18.2 Å². The number of quaternary nitrogens is 1. The SMILES string of the molecule is C#CC[NH+](C)C1CCCSc2ccccc21.O=C([O-])/C=C\C(=O)O. The van der Waals surface area contributed by atoms with Crippen LogP contribution in [-0.4, -0.2) is 36.4 Å². The average Bonchev–Trinajstić information content (AvgIpc) is 2.76. The molecule has 0 amide bonds. The molecule has 6 heteroatoms. The molecule has 1 aromatic rings. The van der Waals surface area contributed by atoms with E-state index in [1.54, 1.807) is 0 Å². The Labute approximate surface area is 146 Å². The lowest BCUT2D eigenvalue weighted by Gasteiger charge is -2.23. The summed E-state index contributed by atoms with van der Waals surface area (Å²) in [5.41, 5.74) is 1.48. The molecule has 1 heterocycles. The van der Waals surface area contributed by atoms with Crippen molar-refractivity contribution in [1.82, 2.24) is 0 Å². The fraction of sp³-hybridized carbons (Fsp3) is 0.333. The number of aliphatic carboxylic acids is 2. The molecule has 1 aromatic carbocycles. The number of benzene rings is 1. The summed E-state index contributed by atoms with van der Waals surface area (Å²) < 4.78 is 0. The van der Waals surface area contributed by atoms with Crippen molar-refractivity contribution < 1.29 is 24.7 Å². The van der Waals surface area contributed by atoms with Crippen LogP contribution in [0.4, 0.5) is 0 Å². The highest BCUT2D eigenvalue weighted by Crippen LogP contribution is 2.32. The molecule has 2 atom stereocenters. The van der Waals surface area contributed by atoms with Crippen molar-refractivity contribution in [2.75, 3.05) is 19.3 Å². The van der Waals surface area contributed by atoms with Crippen molar-refractivity contribution in [3.63, 3.8) is 0 Å². The first-order valence-corrected chi connectivity index (χ1v) is 8.53. The van der Waals surface area contributed by atoms with Crippen molar-refractivity contribution >= 4 is 23.7 Å². The summed E-state index contributed by atoms with van der Waals surface area (Å²) in [6.07, 6.45) is 8.89. The first kappa shape index (κ1) is 19.8. The zero-order valence-corrected chi connectivity index (χ0v) is 14.3. The molecule has 2 N–H and O–H groups in total. The minimum absolute atomic E-state index is 0.447. The van der Waals surface area contributed by atoms with E-state index in [1.165, 1.54) is 34.0 Å². The van der Waals surface area contributed by atoms with Crippen LogP contribution >= 0.6 is 11.8 Å². The lowest BCUT2D eigenvalue weighted by molar-refractivity contribution is -0.905. The Hall–Kier alpha value is -2.23. The number of nitrogens with one attached hydrogen (secondary N) is 1. The van der Waals surface area contributed by atoms with Gasteiger partial charge in [0.25, 0.3) is 0 Å². The molecule has 0 bridgehead atoms. The van der Waals surface area contributed by atoms with Crippen LogP contribution in [0.25, 0.3) is 0 Å². The third-order valence-electron chi connectivity index (χ3n) is 3.53. The first-order chi connectivity index (χ1) is 11.5. The van der Waals surface area contributed by atoms with Crippen LogP contribution in [0.3, 0.4) is 0 Å². The minimum Gasteiger partial charge on any atom is -0.545 e. The Morgan fingerprint density at radius 2 is 2.17 bits per heavy atom. The van der Waals surface area contributed by atoms with Gasteiger partial charge < -0.3 is 19.9 Å². The molecule has 1 aliphatic rings. The van der Waals surface area contributed by atoms with Crippen molar-refractivity contribution in [2.24, 2.45) is 0 Å². The molecule has 0 spiro atoms. The predicted molar refractivity (Wildman–Crippen MR) is 91.5 cm³/mol. The molecular weight excluding hydrogens is 326 g/mol. The lowest BCUT2D eigenvalue weighted by Crippen LogP contribution is -3.09. The number of carbonyl (C=O) groups is 2. The number of fused-ring (bicyclic) bond motifs is 1. The fourth-order valence-electron chi connectivity index (χ4n) is 2.46. The molecule has 128 valence electrons. The van der Waals surface area contributed by atoms with Crippen LogP contribution in [-0.2, 0) is 9.59 Å². The second-order valence-electron chi connectivity index (χ2n) is 5.30. The van der Waals surface area contributed by atoms with Gasteiger partial charge in [0.05, 0.1) is 13.0 Å². The van der Waals surface area contributed by atoms with Crippen molar-refractivity contribution in [3.05, 3.63) is 42.0 Å². The summed E-state index contributed by atoms with van der Waals surface area (Å²) in [6.45, 7) is 0.809. The number of hydrogen-bond acceptors (Lipinski definition) is 4. The van der Waals surface area contributed by atoms with Crippen LogP contribution in [0.15, 0.2) is 41.3 Å². The summed E-state index contributed by atoms with van der Waals surface area (Å²) in [6, 6.07) is 9.34. The molecule has 5 nitrogen and oxygen atoms in total. The maximum atomic E-state index is 9.53. The molecular formula is C18H21NO4S. The Balaban J connectivity index is 0.000000307. The summed E-state index contributed by atoms with van der Waals surface area (Å²) in [7, 11) is 2.21. The van der Waals surface area contributed by atoms with Crippen molar-refractivity contribution in [2.45, 2.75) is 23.8 Å². The van der Waals surface area contributed by atoms with E-state index in [0.29, 0.717) is 18.2 Å². The highest BCUT2D eigenvalue weighted by molar-refractivity contribution is 7.99. The molecule has 24 heavy (non-hydrogen) atoms. The number of carbonyl (C=O) groups excluding carboxylic acids is 1. The summed E-state index contributed by atoms with van der Waals surface area (Å²) in [4.78, 5) is 21.9. The lowest BCUT2D eigenvalue weighted by atomic mass is 10.0. The zero-order valence-electron chi connectivity index (χ0n) is 13.5. The highest BCUT2D eigenvalue weighted by Gasteiger charge is 2.24. The Morgan fingerprint density at radius 3 is 2.75 bits per heavy atom. The minimum atomic E-state index is -1.51. The number of thioether (sulfide) groups is 1. The maximum Gasteiger partial charge on any atom is 0.328 e. The van der Waals surface area contributed by atoms with Crippen molar-refractivity contribution in [3.8, 4) is 12.3 Å². The standard InChI is InChI=1S/C14H17NS.C4H4O4/c1-3-10-15(2)13-8-6-11-16-14-9-5-4-7-12(13)14;5-3(6)1-2-4(7)8/h1,4-5,7,9,13H,6,8,10-11H2,2H3;1-2H,(H,5,6)(H,7,8)/b;2-1-. The van der Waals surface area contributed by atoms with E-state index in [4.69, 9.17) is 11.5 Å². The van der Waals surface area contributed by atoms with Gasteiger partial charge in [-0.3, -0.25) is 0 Å².